The molecule has 4 aromatic rings. The predicted molar refractivity (Wildman–Crippen MR) is 150 cm³/mol. The van der Waals surface area contributed by atoms with Crippen LogP contribution in [-0.2, 0) is 25.6 Å². The third-order valence-corrected chi connectivity index (χ3v) is 8.52. The number of rotatable bonds is 5. The van der Waals surface area contributed by atoms with E-state index >= 15 is 0 Å². The van der Waals surface area contributed by atoms with Gasteiger partial charge in [0.2, 0.25) is 5.91 Å². The van der Waals surface area contributed by atoms with E-state index in [0.717, 1.165) is 5.56 Å². The summed E-state index contributed by atoms with van der Waals surface area (Å²) in [6.45, 7) is 7.90. The number of benzene rings is 4. The molecule has 1 amide bonds. The van der Waals surface area contributed by atoms with Gasteiger partial charge in [-0.2, -0.15) is 0 Å². The summed E-state index contributed by atoms with van der Waals surface area (Å²) < 4.78 is 29.9. The van der Waals surface area contributed by atoms with Gasteiger partial charge in [0.15, 0.2) is 0 Å². The topological polar surface area (TPSA) is 95.5 Å². The quantitative estimate of drug-likeness (QED) is 0.293. The lowest BCUT2D eigenvalue weighted by Crippen LogP contribution is -2.38. The van der Waals surface area contributed by atoms with Crippen LogP contribution in [0, 0.1) is 6.92 Å². The maximum absolute atomic E-state index is 13.9. The predicted octanol–water partition coefficient (Wildman–Crippen LogP) is 6.09. The van der Waals surface area contributed by atoms with Crippen molar-refractivity contribution < 1.29 is 18.3 Å². The second kappa shape index (κ2) is 9.03. The van der Waals surface area contributed by atoms with Crippen LogP contribution >= 0.6 is 0 Å². The molecule has 0 bridgehead atoms. The minimum atomic E-state index is -4.05. The number of hydrogen-bond acceptors (Lipinski definition) is 4. The number of phenols is 1. The van der Waals surface area contributed by atoms with Crippen molar-refractivity contribution in [3.8, 4) is 5.75 Å². The van der Waals surface area contributed by atoms with Gasteiger partial charge in [0.05, 0.1) is 10.6 Å². The molecule has 7 heteroatoms. The van der Waals surface area contributed by atoms with Crippen LogP contribution in [0.25, 0.3) is 0 Å². The van der Waals surface area contributed by atoms with Crippen LogP contribution in [0.3, 0.4) is 0 Å². The Bertz CT molecular complexity index is 1640. The number of carbonyl (C=O) groups is 1. The average Bonchev–Trinajstić information content (AvgIpc) is 3.18. The van der Waals surface area contributed by atoms with Crippen LogP contribution in [0.4, 0.5) is 11.4 Å². The van der Waals surface area contributed by atoms with E-state index in [1.54, 1.807) is 37.3 Å². The molecule has 0 saturated heterocycles. The zero-order valence-corrected chi connectivity index (χ0v) is 22.6. The first-order chi connectivity index (χ1) is 17.9. The number of para-hydroxylation sites is 1. The van der Waals surface area contributed by atoms with E-state index in [0.29, 0.717) is 27.9 Å². The first-order valence-corrected chi connectivity index (χ1v) is 13.9. The summed E-state index contributed by atoms with van der Waals surface area (Å²) in [5.41, 5.74) is 2.65. The number of nitrogens with one attached hydrogen (secondary N) is 2. The summed E-state index contributed by atoms with van der Waals surface area (Å²) in [5.74, 6) is -0.380. The second-order valence-electron chi connectivity index (χ2n) is 10.7. The van der Waals surface area contributed by atoms with E-state index in [2.05, 4.69) is 30.8 Å². The van der Waals surface area contributed by atoms with Crippen LogP contribution in [0.1, 0.15) is 48.6 Å². The number of aryl methyl sites for hydroxylation is 1. The van der Waals surface area contributed by atoms with Gasteiger partial charge in [0, 0.05) is 22.9 Å². The molecule has 1 atom stereocenters. The van der Waals surface area contributed by atoms with E-state index in [4.69, 9.17) is 0 Å². The number of sulfonamides is 1. The largest absolute Gasteiger partial charge is 0.508 e. The fourth-order valence-corrected chi connectivity index (χ4v) is 6.15. The highest BCUT2D eigenvalue weighted by atomic mass is 32.2. The fourth-order valence-electron chi connectivity index (χ4n) is 5.08. The van der Waals surface area contributed by atoms with E-state index in [-0.39, 0.29) is 27.7 Å². The van der Waals surface area contributed by atoms with Crippen molar-refractivity contribution in [1.82, 2.24) is 0 Å². The van der Waals surface area contributed by atoms with E-state index in [1.807, 2.05) is 54.6 Å². The van der Waals surface area contributed by atoms with Gasteiger partial charge in [-0.3, -0.25) is 9.52 Å². The molecular weight excluding hydrogens is 496 g/mol. The molecule has 0 aliphatic carbocycles. The van der Waals surface area contributed by atoms with Crippen molar-refractivity contribution >= 4 is 27.3 Å². The van der Waals surface area contributed by atoms with Crippen LogP contribution in [-0.4, -0.2) is 19.4 Å². The molecule has 5 rings (SSSR count). The molecule has 0 unspecified atom stereocenters. The zero-order chi connectivity index (χ0) is 27.3. The summed E-state index contributed by atoms with van der Waals surface area (Å²) in [4.78, 5) is 14.0. The Morgan fingerprint density at radius 3 is 2.13 bits per heavy atom. The molecule has 0 spiro atoms. The minimum absolute atomic E-state index is 0.0792. The Balaban J connectivity index is 1.72. The third kappa shape index (κ3) is 4.13. The molecule has 1 aliphatic rings. The number of hydrogen-bond donors (Lipinski definition) is 3. The van der Waals surface area contributed by atoms with E-state index in [1.165, 1.54) is 6.07 Å². The number of amides is 1. The summed E-state index contributed by atoms with van der Waals surface area (Å²) in [6.07, 6.45) is 0. The molecule has 1 aliphatic heterocycles. The van der Waals surface area contributed by atoms with Gasteiger partial charge in [-0.05, 0) is 53.3 Å². The molecule has 6 nitrogen and oxygen atoms in total. The SMILES string of the molecule is Cc1cc([C@]2(c3ccccc3)C(=O)Nc3ccccc32)c(NS(=O)(=O)c2ccc(C(C)(C)C)cc2)cc1O. The Morgan fingerprint density at radius 1 is 0.842 bits per heavy atom. The van der Waals surface area contributed by atoms with Crippen LogP contribution in [0.5, 0.6) is 5.75 Å². The van der Waals surface area contributed by atoms with Crippen LogP contribution in [0.15, 0.2) is 95.9 Å². The Labute approximate surface area is 223 Å². The lowest BCUT2D eigenvalue weighted by atomic mass is 9.69. The lowest BCUT2D eigenvalue weighted by molar-refractivity contribution is -0.118. The second-order valence-corrected chi connectivity index (χ2v) is 12.4. The van der Waals surface area contributed by atoms with Gasteiger partial charge in [-0.15, -0.1) is 0 Å². The van der Waals surface area contributed by atoms with E-state index in [9.17, 15) is 18.3 Å². The molecule has 38 heavy (non-hydrogen) atoms. The lowest BCUT2D eigenvalue weighted by Gasteiger charge is -2.31. The molecule has 1 heterocycles. The highest BCUT2D eigenvalue weighted by Crippen LogP contribution is 2.51. The summed E-state index contributed by atoms with van der Waals surface area (Å²) in [7, 11) is -4.05. The maximum atomic E-state index is 13.9. The molecule has 0 radical (unpaired) electrons. The summed E-state index contributed by atoms with van der Waals surface area (Å²) >= 11 is 0. The van der Waals surface area contributed by atoms with Crippen molar-refractivity contribution in [2.45, 2.75) is 43.4 Å². The number of aromatic hydroxyl groups is 1. The third-order valence-electron chi connectivity index (χ3n) is 7.14. The van der Waals surface area contributed by atoms with Crippen LogP contribution < -0.4 is 10.0 Å². The molecule has 0 saturated carbocycles. The molecule has 0 fully saturated rings. The van der Waals surface area contributed by atoms with Gasteiger partial charge in [-0.25, -0.2) is 8.42 Å². The van der Waals surface area contributed by atoms with Gasteiger partial charge in [-0.1, -0.05) is 81.4 Å². The smallest absolute Gasteiger partial charge is 0.261 e. The number of carbonyl (C=O) groups excluding carboxylic acids is 1. The fraction of sp³-hybridized carbons (Fsp3) is 0.194. The van der Waals surface area contributed by atoms with E-state index < -0.39 is 15.4 Å². The Hall–Kier alpha value is -4.10. The standard InChI is InChI=1S/C31H30N2O4S/c1-20-18-25(31(22-10-6-5-7-11-22)24-12-8-9-13-26(24)32-29(31)35)27(19-28(20)34)33-38(36,37)23-16-14-21(15-17-23)30(2,3)4/h5-19,33-34H,1-4H3,(H,32,35)/t31-/m1/s1. The number of fused-ring (bicyclic) bond motifs is 1. The van der Waals surface area contributed by atoms with Gasteiger partial charge in [0.25, 0.3) is 10.0 Å². The van der Waals surface area contributed by atoms with Gasteiger partial charge in [0.1, 0.15) is 11.2 Å². The van der Waals surface area contributed by atoms with Gasteiger partial charge < -0.3 is 10.4 Å². The number of phenolic OH excluding ortho intramolecular Hbond substituents is 1. The summed E-state index contributed by atoms with van der Waals surface area (Å²) in [6, 6.07) is 26.5. The average molecular weight is 527 g/mol. The first-order valence-electron chi connectivity index (χ1n) is 12.4. The van der Waals surface area contributed by atoms with Crippen molar-refractivity contribution in [2.75, 3.05) is 10.0 Å². The number of anilines is 2. The summed E-state index contributed by atoms with van der Waals surface area (Å²) in [5, 5.41) is 13.6. The van der Waals surface area contributed by atoms with Crippen LogP contribution in [0.2, 0.25) is 0 Å². The van der Waals surface area contributed by atoms with Gasteiger partial charge >= 0.3 is 0 Å². The molecular formula is C31H30N2O4S. The minimum Gasteiger partial charge on any atom is -0.508 e. The molecule has 0 aromatic heterocycles. The zero-order valence-electron chi connectivity index (χ0n) is 21.7. The normalized spacial score (nSPS) is 17.1. The maximum Gasteiger partial charge on any atom is 0.261 e. The molecule has 4 aromatic carbocycles. The highest BCUT2D eigenvalue weighted by Gasteiger charge is 2.51. The first kappa shape index (κ1) is 25.5. The monoisotopic (exact) mass is 526 g/mol. The van der Waals surface area contributed by atoms with Crippen molar-refractivity contribution in [3.05, 3.63) is 119 Å². The Kier molecular flexibility index (Phi) is 6.07. The van der Waals surface area contributed by atoms with Crippen molar-refractivity contribution in [2.24, 2.45) is 0 Å². The highest BCUT2D eigenvalue weighted by molar-refractivity contribution is 7.92. The molecule has 194 valence electrons. The Morgan fingerprint density at radius 2 is 1.47 bits per heavy atom. The van der Waals surface area contributed by atoms with Crippen molar-refractivity contribution in [1.29, 1.82) is 0 Å². The molecule has 3 N–H and O–H groups in total. The van der Waals surface area contributed by atoms with Crippen molar-refractivity contribution in [3.63, 3.8) is 0 Å².